The summed E-state index contributed by atoms with van der Waals surface area (Å²) in [4.78, 5) is 2.27. The van der Waals surface area contributed by atoms with Crippen molar-refractivity contribution in [1.82, 2.24) is 5.32 Å². The van der Waals surface area contributed by atoms with Gasteiger partial charge in [-0.15, -0.1) is 11.3 Å². The van der Waals surface area contributed by atoms with E-state index in [1.807, 2.05) is 48.5 Å². The number of hydrogen-bond donors (Lipinski definition) is 2. The third kappa shape index (κ3) is 5.64. The molecule has 2 N–H and O–H groups in total. The van der Waals surface area contributed by atoms with Gasteiger partial charge in [0, 0.05) is 30.9 Å². The molecule has 1 fully saturated rings. The van der Waals surface area contributed by atoms with Crippen LogP contribution in [0.15, 0.2) is 68.7 Å². The van der Waals surface area contributed by atoms with Crippen LogP contribution in [0.2, 0.25) is 0 Å². The van der Waals surface area contributed by atoms with Crippen molar-refractivity contribution in [2.24, 2.45) is 0 Å². The number of nitrogens with zero attached hydrogens (tertiary/aromatic N) is 1. The third-order valence-corrected chi connectivity index (χ3v) is 8.66. The van der Waals surface area contributed by atoms with Crippen LogP contribution in [0.5, 0.6) is 5.75 Å². The topological polar surface area (TPSA) is 70.7 Å². The first-order valence-corrected chi connectivity index (χ1v) is 13.5. The quantitative estimate of drug-likeness (QED) is 0.441. The van der Waals surface area contributed by atoms with E-state index in [2.05, 4.69) is 44.7 Å². The van der Waals surface area contributed by atoms with Crippen molar-refractivity contribution >= 4 is 48.7 Å². The molecule has 3 aromatic rings. The molecule has 0 saturated carbocycles. The summed E-state index contributed by atoms with van der Waals surface area (Å²) in [5, 5.41) is 3.52. The average molecular weight is 537 g/mol. The zero-order valence-corrected chi connectivity index (χ0v) is 21.1. The van der Waals surface area contributed by atoms with Gasteiger partial charge in [0.1, 0.15) is 16.6 Å². The van der Waals surface area contributed by atoms with Crippen LogP contribution in [0, 0.1) is 0 Å². The number of benzene rings is 2. The molecule has 1 aromatic heterocycles. The van der Waals surface area contributed by atoms with E-state index in [0.717, 1.165) is 28.1 Å². The summed E-state index contributed by atoms with van der Waals surface area (Å²) >= 11 is 4.51. The van der Waals surface area contributed by atoms with Crippen molar-refractivity contribution in [3.05, 3.63) is 70.0 Å². The Morgan fingerprint density at radius 1 is 1.09 bits per heavy atom. The molecule has 1 aliphatic rings. The Balaban J connectivity index is 1.64. The molecule has 2 aromatic carbocycles. The maximum Gasteiger partial charge on any atom is 0.271 e. The van der Waals surface area contributed by atoms with Crippen LogP contribution in [0.25, 0.3) is 0 Å². The molecule has 0 spiro atoms. The van der Waals surface area contributed by atoms with Gasteiger partial charge in [-0.25, -0.2) is 8.42 Å². The largest absolute Gasteiger partial charge is 0.487 e. The molecule has 32 heavy (non-hydrogen) atoms. The molecular formula is C23H26BrN3O3S2. The smallest absolute Gasteiger partial charge is 0.271 e. The van der Waals surface area contributed by atoms with E-state index in [1.54, 1.807) is 12.1 Å². The van der Waals surface area contributed by atoms with E-state index in [0.29, 0.717) is 30.1 Å². The Morgan fingerprint density at radius 3 is 2.47 bits per heavy atom. The van der Waals surface area contributed by atoms with Crippen LogP contribution in [0.1, 0.15) is 19.4 Å². The van der Waals surface area contributed by atoms with Gasteiger partial charge in [-0.2, -0.15) is 0 Å². The normalized spacial score (nSPS) is 19.0. The standard InChI is InChI=1S/C23H26BrN3O3S2/c1-16-13-27(14-17(2)25-16)19-8-9-21(30-15-18-6-4-3-5-7-18)20(12-19)26-32(28,29)23-11-10-22(24)31-23/h3-12,16-17,25-26H,13-15H2,1-2H3/t16-,17+. The summed E-state index contributed by atoms with van der Waals surface area (Å²) < 4.78 is 35.8. The van der Waals surface area contributed by atoms with E-state index in [9.17, 15) is 8.42 Å². The summed E-state index contributed by atoms with van der Waals surface area (Å²) in [5.41, 5.74) is 2.40. The summed E-state index contributed by atoms with van der Waals surface area (Å²) in [6.45, 7) is 6.34. The van der Waals surface area contributed by atoms with Gasteiger partial charge in [0.2, 0.25) is 0 Å². The fourth-order valence-corrected chi connectivity index (χ4v) is 6.90. The summed E-state index contributed by atoms with van der Waals surface area (Å²) in [6, 6.07) is 19.5. The van der Waals surface area contributed by atoms with Crippen LogP contribution < -0.4 is 19.7 Å². The van der Waals surface area contributed by atoms with Gasteiger partial charge in [-0.05, 0) is 65.7 Å². The molecule has 6 nitrogen and oxygen atoms in total. The molecule has 0 aliphatic carbocycles. The molecular weight excluding hydrogens is 510 g/mol. The van der Waals surface area contributed by atoms with Gasteiger partial charge >= 0.3 is 0 Å². The van der Waals surface area contributed by atoms with Crippen LogP contribution in [0.4, 0.5) is 11.4 Å². The summed E-state index contributed by atoms with van der Waals surface area (Å²) in [7, 11) is -3.74. The predicted octanol–water partition coefficient (Wildman–Crippen LogP) is 5.08. The SMILES string of the molecule is C[C@@H]1CN(c2ccc(OCc3ccccc3)c(NS(=O)(=O)c3ccc(Br)s3)c2)C[C@H](C)N1. The van der Waals surface area contributed by atoms with Gasteiger partial charge in [0.15, 0.2) is 0 Å². The number of nitrogens with one attached hydrogen (secondary N) is 2. The highest BCUT2D eigenvalue weighted by Crippen LogP contribution is 2.34. The zero-order valence-electron chi connectivity index (χ0n) is 17.9. The molecule has 9 heteroatoms. The first-order valence-electron chi connectivity index (χ1n) is 10.4. The van der Waals surface area contributed by atoms with Gasteiger partial charge in [-0.1, -0.05) is 30.3 Å². The highest BCUT2D eigenvalue weighted by atomic mass is 79.9. The Morgan fingerprint density at radius 2 is 1.81 bits per heavy atom. The average Bonchev–Trinajstić information content (AvgIpc) is 3.20. The number of halogens is 1. The molecule has 1 saturated heterocycles. The second kappa shape index (κ2) is 9.82. The number of hydrogen-bond acceptors (Lipinski definition) is 6. The minimum absolute atomic E-state index is 0.244. The second-order valence-electron chi connectivity index (χ2n) is 7.99. The molecule has 2 atom stereocenters. The number of thiophene rings is 1. The fraction of sp³-hybridized carbons (Fsp3) is 0.304. The van der Waals surface area contributed by atoms with Crippen molar-refractivity contribution in [2.75, 3.05) is 22.7 Å². The van der Waals surface area contributed by atoms with Gasteiger partial charge in [-0.3, -0.25) is 4.72 Å². The minimum atomic E-state index is -3.74. The van der Waals surface area contributed by atoms with E-state index in [1.165, 1.54) is 11.3 Å². The first-order chi connectivity index (χ1) is 15.3. The van der Waals surface area contributed by atoms with Crippen LogP contribution in [0.3, 0.4) is 0 Å². The lowest BCUT2D eigenvalue weighted by molar-refractivity contribution is 0.308. The molecule has 0 bridgehead atoms. The first kappa shape index (κ1) is 23.1. The molecule has 0 amide bonds. The summed E-state index contributed by atoms with van der Waals surface area (Å²) in [6.07, 6.45) is 0. The van der Waals surface area contributed by atoms with E-state index < -0.39 is 10.0 Å². The molecule has 4 rings (SSSR count). The van der Waals surface area contributed by atoms with Crippen molar-refractivity contribution in [3.8, 4) is 5.75 Å². The Hall–Kier alpha value is -2.07. The highest BCUT2D eigenvalue weighted by Gasteiger charge is 2.24. The Kier molecular flexibility index (Phi) is 7.09. The molecule has 0 radical (unpaired) electrons. The lowest BCUT2D eigenvalue weighted by atomic mass is 10.1. The third-order valence-electron chi connectivity index (χ3n) is 5.18. The van der Waals surface area contributed by atoms with Crippen LogP contribution in [-0.4, -0.2) is 33.6 Å². The second-order valence-corrected chi connectivity index (χ2v) is 12.4. The van der Waals surface area contributed by atoms with Gasteiger partial charge in [0.25, 0.3) is 10.0 Å². The number of sulfonamides is 1. The van der Waals surface area contributed by atoms with Gasteiger partial charge < -0.3 is 15.0 Å². The molecule has 170 valence electrons. The lowest BCUT2D eigenvalue weighted by Crippen LogP contribution is -2.54. The van der Waals surface area contributed by atoms with Crippen molar-refractivity contribution in [1.29, 1.82) is 0 Å². The van der Waals surface area contributed by atoms with Crippen LogP contribution in [-0.2, 0) is 16.6 Å². The number of rotatable bonds is 7. The number of anilines is 2. The van der Waals surface area contributed by atoms with Crippen molar-refractivity contribution in [3.63, 3.8) is 0 Å². The van der Waals surface area contributed by atoms with E-state index in [4.69, 9.17) is 4.74 Å². The maximum absolute atomic E-state index is 13.0. The Bertz CT molecular complexity index is 1160. The molecule has 0 unspecified atom stereocenters. The number of ether oxygens (including phenoxy) is 1. The highest BCUT2D eigenvalue weighted by molar-refractivity contribution is 9.11. The monoisotopic (exact) mass is 535 g/mol. The molecule has 1 aliphatic heterocycles. The van der Waals surface area contributed by atoms with Gasteiger partial charge in [0.05, 0.1) is 9.47 Å². The lowest BCUT2D eigenvalue weighted by Gasteiger charge is -2.38. The van der Waals surface area contributed by atoms with E-state index in [-0.39, 0.29) is 4.21 Å². The predicted molar refractivity (Wildman–Crippen MR) is 134 cm³/mol. The zero-order chi connectivity index (χ0) is 22.7. The van der Waals surface area contributed by atoms with E-state index >= 15 is 0 Å². The number of piperazine rings is 1. The summed E-state index contributed by atoms with van der Waals surface area (Å²) in [5.74, 6) is 0.494. The minimum Gasteiger partial charge on any atom is -0.487 e. The Labute approximate surface area is 201 Å². The fourth-order valence-electron chi connectivity index (χ4n) is 3.83. The van der Waals surface area contributed by atoms with Crippen molar-refractivity contribution in [2.45, 2.75) is 36.7 Å². The van der Waals surface area contributed by atoms with Crippen molar-refractivity contribution < 1.29 is 13.2 Å². The maximum atomic E-state index is 13.0. The molecule has 2 heterocycles. The van der Waals surface area contributed by atoms with Crippen LogP contribution >= 0.6 is 27.3 Å².